The molecule has 0 fully saturated rings. The van der Waals surface area contributed by atoms with Crippen molar-refractivity contribution in [2.24, 2.45) is 0 Å². The van der Waals surface area contributed by atoms with Crippen LogP contribution in [0.25, 0.3) is 11.4 Å². The molecule has 0 spiro atoms. The lowest BCUT2D eigenvalue weighted by Crippen LogP contribution is -2.21. The summed E-state index contributed by atoms with van der Waals surface area (Å²) in [5.41, 5.74) is 3.52. The molecule has 1 heterocycles. The molecular formula is C16H21N3. The molecule has 2 aromatic rings. The van der Waals surface area contributed by atoms with Crippen LogP contribution in [0.2, 0.25) is 0 Å². The fourth-order valence-electron chi connectivity index (χ4n) is 1.81. The number of benzene rings is 1. The molecule has 0 saturated heterocycles. The summed E-state index contributed by atoms with van der Waals surface area (Å²) in [4.78, 5) is 8.86. The number of aromatic nitrogens is 2. The maximum absolute atomic E-state index is 4.43. The van der Waals surface area contributed by atoms with Gasteiger partial charge in [-0.25, -0.2) is 9.97 Å². The largest absolute Gasteiger partial charge is 0.310 e. The van der Waals surface area contributed by atoms with Gasteiger partial charge in [-0.3, -0.25) is 0 Å². The van der Waals surface area contributed by atoms with Crippen LogP contribution in [0, 0.1) is 0 Å². The van der Waals surface area contributed by atoms with E-state index in [-0.39, 0.29) is 0 Å². The van der Waals surface area contributed by atoms with Crippen molar-refractivity contribution >= 4 is 0 Å². The quantitative estimate of drug-likeness (QED) is 0.891. The average Bonchev–Trinajstić information content (AvgIpc) is 2.46. The topological polar surface area (TPSA) is 37.8 Å². The summed E-state index contributed by atoms with van der Waals surface area (Å²) < 4.78 is 0. The minimum Gasteiger partial charge on any atom is -0.310 e. The lowest BCUT2D eigenvalue weighted by Gasteiger charge is -2.08. The molecule has 1 aromatic heterocycles. The van der Waals surface area contributed by atoms with Crippen molar-refractivity contribution in [2.75, 3.05) is 0 Å². The van der Waals surface area contributed by atoms with Gasteiger partial charge in [0.25, 0.3) is 0 Å². The lowest BCUT2D eigenvalue weighted by atomic mass is 10.1. The van der Waals surface area contributed by atoms with E-state index in [2.05, 4.69) is 60.3 Å². The monoisotopic (exact) mass is 255 g/mol. The highest BCUT2D eigenvalue weighted by Crippen LogP contribution is 2.15. The van der Waals surface area contributed by atoms with Crippen LogP contribution in [0.5, 0.6) is 0 Å². The first-order chi connectivity index (χ1) is 9.19. The van der Waals surface area contributed by atoms with Crippen molar-refractivity contribution in [3.63, 3.8) is 0 Å². The summed E-state index contributed by atoms with van der Waals surface area (Å²) in [7, 11) is 0. The molecular weight excluding hydrogens is 234 g/mol. The molecule has 2 rings (SSSR count). The molecule has 0 aliphatic carbocycles. The maximum Gasteiger partial charge on any atom is 0.159 e. The summed E-state index contributed by atoms with van der Waals surface area (Å²) >= 11 is 0. The molecule has 3 heteroatoms. The van der Waals surface area contributed by atoms with Gasteiger partial charge >= 0.3 is 0 Å². The van der Waals surface area contributed by atoms with Crippen molar-refractivity contribution in [1.82, 2.24) is 15.3 Å². The molecule has 0 radical (unpaired) electrons. The molecule has 1 N–H and O–H groups in total. The smallest absolute Gasteiger partial charge is 0.159 e. The second-order valence-electron chi connectivity index (χ2n) is 5.00. The Labute approximate surface area is 115 Å². The summed E-state index contributed by atoms with van der Waals surface area (Å²) in [6.07, 6.45) is 4.85. The van der Waals surface area contributed by atoms with E-state index in [4.69, 9.17) is 0 Å². The summed E-state index contributed by atoms with van der Waals surface area (Å²) in [6.45, 7) is 7.23. The minimum absolute atomic E-state index is 0.473. The molecule has 19 heavy (non-hydrogen) atoms. The van der Waals surface area contributed by atoms with Crippen molar-refractivity contribution in [2.45, 2.75) is 39.8 Å². The van der Waals surface area contributed by atoms with E-state index in [1.807, 2.05) is 12.4 Å². The maximum atomic E-state index is 4.43. The zero-order chi connectivity index (χ0) is 13.7. The van der Waals surface area contributed by atoms with E-state index < -0.39 is 0 Å². The predicted molar refractivity (Wildman–Crippen MR) is 78.8 cm³/mol. The van der Waals surface area contributed by atoms with Gasteiger partial charge in [-0.05, 0) is 12.0 Å². The Kier molecular flexibility index (Phi) is 4.63. The Balaban J connectivity index is 2.08. The third-order valence-corrected chi connectivity index (χ3v) is 3.04. The second-order valence-corrected chi connectivity index (χ2v) is 5.00. The van der Waals surface area contributed by atoms with Gasteiger partial charge in [0.1, 0.15) is 0 Å². The number of hydrogen-bond acceptors (Lipinski definition) is 3. The number of nitrogens with one attached hydrogen (secondary N) is 1. The van der Waals surface area contributed by atoms with Crippen LogP contribution in [-0.2, 0) is 13.0 Å². The molecule has 0 saturated carbocycles. The Bertz CT molecular complexity index is 501. The number of aryl methyl sites for hydroxylation is 1. The first kappa shape index (κ1) is 13.7. The third-order valence-electron chi connectivity index (χ3n) is 3.04. The fraction of sp³-hybridized carbons (Fsp3) is 0.375. The van der Waals surface area contributed by atoms with Gasteiger partial charge in [0, 0.05) is 36.1 Å². The zero-order valence-electron chi connectivity index (χ0n) is 11.9. The Morgan fingerprint density at radius 2 is 1.63 bits per heavy atom. The van der Waals surface area contributed by atoms with Gasteiger partial charge in [0.2, 0.25) is 0 Å². The van der Waals surface area contributed by atoms with E-state index in [9.17, 15) is 0 Å². The number of rotatable bonds is 5. The zero-order valence-corrected chi connectivity index (χ0v) is 11.9. The highest BCUT2D eigenvalue weighted by molar-refractivity contribution is 5.55. The standard InChI is InChI=1S/C16H21N3/c1-4-13-5-7-15(8-6-13)16-18-10-14(11-19-16)9-17-12(2)3/h5-8,10-12,17H,4,9H2,1-3H3. The Morgan fingerprint density at radius 3 is 2.16 bits per heavy atom. The van der Waals surface area contributed by atoms with Gasteiger partial charge < -0.3 is 5.32 Å². The van der Waals surface area contributed by atoms with Gasteiger partial charge in [-0.15, -0.1) is 0 Å². The first-order valence-electron chi connectivity index (χ1n) is 6.82. The SMILES string of the molecule is CCc1ccc(-c2ncc(CNC(C)C)cn2)cc1. The molecule has 0 aliphatic rings. The van der Waals surface area contributed by atoms with Crippen LogP contribution in [0.3, 0.4) is 0 Å². The summed E-state index contributed by atoms with van der Waals surface area (Å²) in [5, 5.41) is 3.36. The molecule has 1 aromatic carbocycles. The van der Waals surface area contributed by atoms with Crippen LogP contribution in [-0.4, -0.2) is 16.0 Å². The molecule has 0 unspecified atom stereocenters. The van der Waals surface area contributed by atoms with E-state index >= 15 is 0 Å². The molecule has 0 bridgehead atoms. The van der Waals surface area contributed by atoms with Crippen molar-refractivity contribution in [1.29, 1.82) is 0 Å². The highest BCUT2D eigenvalue weighted by atomic mass is 14.9. The Hall–Kier alpha value is -1.74. The summed E-state index contributed by atoms with van der Waals surface area (Å²) in [6, 6.07) is 8.90. The van der Waals surface area contributed by atoms with Crippen LogP contribution in [0.1, 0.15) is 31.9 Å². The van der Waals surface area contributed by atoms with Gasteiger partial charge in [0.05, 0.1) is 0 Å². The molecule has 0 atom stereocenters. The fourth-order valence-corrected chi connectivity index (χ4v) is 1.81. The summed E-state index contributed by atoms with van der Waals surface area (Å²) in [5.74, 6) is 0.788. The Morgan fingerprint density at radius 1 is 1.00 bits per heavy atom. The minimum atomic E-state index is 0.473. The van der Waals surface area contributed by atoms with E-state index in [0.29, 0.717) is 6.04 Å². The second kappa shape index (κ2) is 6.43. The van der Waals surface area contributed by atoms with Gasteiger partial charge in [0.15, 0.2) is 5.82 Å². The molecule has 3 nitrogen and oxygen atoms in total. The van der Waals surface area contributed by atoms with Crippen molar-refractivity contribution < 1.29 is 0 Å². The molecule has 0 aliphatic heterocycles. The third kappa shape index (κ3) is 3.86. The van der Waals surface area contributed by atoms with Crippen LogP contribution in [0.4, 0.5) is 0 Å². The van der Waals surface area contributed by atoms with Gasteiger partial charge in [-0.1, -0.05) is 45.0 Å². The average molecular weight is 255 g/mol. The van der Waals surface area contributed by atoms with Crippen LogP contribution in [0.15, 0.2) is 36.7 Å². The predicted octanol–water partition coefficient (Wildman–Crippen LogP) is 3.20. The van der Waals surface area contributed by atoms with Gasteiger partial charge in [-0.2, -0.15) is 0 Å². The van der Waals surface area contributed by atoms with E-state index in [1.165, 1.54) is 5.56 Å². The first-order valence-corrected chi connectivity index (χ1v) is 6.82. The van der Waals surface area contributed by atoms with Crippen LogP contribution >= 0.6 is 0 Å². The van der Waals surface area contributed by atoms with E-state index in [1.54, 1.807) is 0 Å². The van der Waals surface area contributed by atoms with Crippen molar-refractivity contribution in [3.8, 4) is 11.4 Å². The number of nitrogens with zero attached hydrogens (tertiary/aromatic N) is 2. The molecule has 0 amide bonds. The lowest BCUT2D eigenvalue weighted by molar-refractivity contribution is 0.587. The van der Waals surface area contributed by atoms with E-state index in [0.717, 1.165) is 29.9 Å². The van der Waals surface area contributed by atoms with Crippen molar-refractivity contribution in [3.05, 3.63) is 47.8 Å². The normalized spacial score (nSPS) is 10.9. The highest BCUT2D eigenvalue weighted by Gasteiger charge is 2.02. The molecule has 100 valence electrons. The van der Waals surface area contributed by atoms with Crippen LogP contribution < -0.4 is 5.32 Å². The number of hydrogen-bond donors (Lipinski definition) is 1.